The van der Waals surface area contributed by atoms with Crippen molar-refractivity contribution in [1.82, 2.24) is 5.32 Å². The van der Waals surface area contributed by atoms with E-state index >= 15 is 0 Å². The van der Waals surface area contributed by atoms with Crippen LogP contribution in [0.1, 0.15) is 27.2 Å². The van der Waals surface area contributed by atoms with Gasteiger partial charge in [-0.05, 0) is 24.6 Å². The van der Waals surface area contributed by atoms with Crippen LogP contribution < -0.4 is 11.1 Å². The van der Waals surface area contributed by atoms with E-state index in [0.29, 0.717) is 13.0 Å². The molecule has 0 aromatic carbocycles. The molecule has 1 heterocycles. The summed E-state index contributed by atoms with van der Waals surface area (Å²) in [4.78, 5) is 33.7. The number of rotatable bonds is 7. The van der Waals surface area contributed by atoms with Crippen LogP contribution >= 0.6 is 11.8 Å². The van der Waals surface area contributed by atoms with Crippen molar-refractivity contribution in [2.75, 3.05) is 13.2 Å². The Morgan fingerprint density at radius 1 is 1.35 bits per heavy atom. The Morgan fingerprint density at radius 3 is 2.43 bits per heavy atom. The minimum absolute atomic E-state index is 0.0787. The number of carbonyl (C=O) groups is 3. The van der Waals surface area contributed by atoms with Crippen molar-refractivity contribution in [2.45, 2.75) is 50.7 Å². The van der Waals surface area contributed by atoms with Gasteiger partial charge in [-0.25, -0.2) is 4.79 Å². The predicted octanol–water partition coefficient (Wildman–Crippen LogP) is 1.83. The quantitative estimate of drug-likeness (QED) is 0.528. The van der Waals surface area contributed by atoms with E-state index in [-0.39, 0.29) is 34.0 Å². The Kier molecular flexibility index (Phi) is 6.66. The first-order valence-corrected chi connectivity index (χ1v) is 11.3. The van der Waals surface area contributed by atoms with Gasteiger partial charge in [0.1, 0.15) is 0 Å². The number of thioether (sulfide) groups is 1. The molecule has 9 heteroatoms. The van der Waals surface area contributed by atoms with Crippen molar-refractivity contribution in [3.05, 3.63) is 0 Å². The van der Waals surface area contributed by atoms with Crippen LogP contribution in [-0.2, 0) is 18.8 Å². The second kappa shape index (κ2) is 7.67. The molecule has 0 saturated carbocycles. The van der Waals surface area contributed by atoms with Crippen LogP contribution in [0.3, 0.4) is 0 Å². The van der Waals surface area contributed by atoms with E-state index in [2.05, 4.69) is 43.9 Å². The maximum atomic E-state index is 11.7. The lowest BCUT2D eigenvalue weighted by Crippen LogP contribution is -2.57. The zero-order valence-corrected chi connectivity index (χ0v) is 16.1. The molecule has 0 aliphatic carbocycles. The van der Waals surface area contributed by atoms with Crippen LogP contribution in [0, 0.1) is 5.92 Å². The molecule has 1 aliphatic heterocycles. The molecule has 0 bridgehead atoms. The van der Waals surface area contributed by atoms with Gasteiger partial charge in [-0.1, -0.05) is 32.5 Å². The molecule has 0 spiro atoms. The molecule has 23 heavy (non-hydrogen) atoms. The zero-order valence-electron chi connectivity index (χ0n) is 14.3. The minimum Gasteiger partial charge on any atom is -0.441 e. The van der Waals surface area contributed by atoms with Gasteiger partial charge < -0.3 is 20.2 Å². The molecule has 0 aromatic rings. The number of hydrogen-bond donors (Lipinski definition) is 2. The number of carbonyl (C=O) groups excluding carboxylic acids is 3. The van der Waals surface area contributed by atoms with Crippen molar-refractivity contribution in [2.24, 2.45) is 11.7 Å². The highest BCUT2D eigenvalue weighted by Gasteiger charge is 2.42. The van der Waals surface area contributed by atoms with Crippen molar-refractivity contribution >= 4 is 37.2 Å². The molecule has 132 valence electrons. The van der Waals surface area contributed by atoms with Crippen molar-refractivity contribution in [3.8, 4) is 0 Å². The fourth-order valence-corrected chi connectivity index (χ4v) is 3.82. The van der Waals surface area contributed by atoms with Gasteiger partial charge in [-0.15, -0.1) is 0 Å². The summed E-state index contributed by atoms with van der Waals surface area (Å²) < 4.78 is 10.5. The van der Waals surface area contributed by atoms with E-state index in [9.17, 15) is 14.4 Å². The molecule has 3 N–H and O–H groups in total. The van der Waals surface area contributed by atoms with E-state index in [1.165, 1.54) is 0 Å². The number of nitrogens with one attached hydrogen (secondary N) is 1. The van der Waals surface area contributed by atoms with E-state index in [0.717, 1.165) is 11.8 Å². The molecule has 0 unspecified atom stereocenters. The maximum Gasteiger partial charge on any atom is 0.404 e. The molecule has 1 fully saturated rings. The first kappa shape index (κ1) is 20.0. The summed E-state index contributed by atoms with van der Waals surface area (Å²) in [6.07, 6.45) is -0.420. The van der Waals surface area contributed by atoms with Gasteiger partial charge in [-0.3, -0.25) is 9.59 Å². The molecule has 1 rings (SSSR count). The summed E-state index contributed by atoms with van der Waals surface area (Å²) in [6.45, 7) is 10.9. The van der Waals surface area contributed by atoms with Crippen LogP contribution in [0.15, 0.2) is 0 Å². The minimum atomic E-state index is -1.84. The highest BCUT2D eigenvalue weighted by atomic mass is 32.2. The lowest BCUT2D eigenvalue weighted by atomic mass is 9.98. The Hall–Kier alpha value is -1.06. The van der Waals surface area contributed by atoms with Crippen molar-refractivity contribution < 1.29 is 23.5 Å². The average molecular weight is 363 g/mol. The number of nitrogens with two attached hydrogens (primary N) is 1. The normalized spacial score (nSPS) is 21.3. The third-order valence-corrected chi connectivity index (χ3v) is 9.89. The van der Waals surface area contributed by atoms with Crippen LogP contribution in [-0.4, -0.2) is 44.0 Å². The Balaban J connectivity index is 2.39. The number of ether oxygens (including phenoxy) is 1. The predicted molar refractivity (Wildman–Crippen MR) is 91.3 cm³/mol. The van der Waals surface area contributed by atoms with E-state index in [4.69, 9.17) is 10.2 Å². The van der Waals surface area contributed by atoms with Crippen molar-refractivity contribution in [3.63, 3.8) is 0 Å². The Labute approximate surface area is 142 Å². The molecule has 2 atom stereocenters. The average Bonchev–Trinajstić information content (AvgIpc) is 2.39. The van der Waals surface area contributed by atoms with E-state index < -0.39 is 14.4 Å². The summed E-state index contributed by atoms with van der Waals surface area (Å²) in [6, 6.07) is 0. The molecule has 1 aliphatic rings. The summed E-state index contributed by atoms with van der Waals surface area (Å²) in [5.41, 5.74) is 4.80. The largest absolute Gasteiger partial charge is 0.441 e. The van der Waals surface area contributed by atoms with Gasteiger partial charge in [0.25, 0.3) is 0 Å². The fraction of sp³-hybridized carbons (Fsp3) is 0.786. The second-order valence-electron chi connectivity index (χ2n) is 7.03. The number of primary amides is 1. The van der Waals surface area contributed by atoms with Gasteiger partial charge in [0.05, 0.1) is 11.3 Å². The smallest absolute Gasteiger partial charge is 0.404 e. The lowest BCUT2D eigenvalue weighted by molar-refractivity contribution is -0.132. The first-order valence-electron chi connectivity index (χ1n) is 7.50. The summed E-state index contributed by atoms with van der Waals surface area (Å²) in [5.74, 6) is -0.341. The van der Waals surface area contributed by atoms with Gasteiger partial charge >= 0.3 is 6.09 Å². The zero-order chi connectivity index (χ0) is 17.8. The summed E-state index contributed by atoms with van der Waals surface area (Å²) >= 11 is 0.956. The van der Waals surface area contributed by atoms with Crippen LogP contribution in [0.2, 0.25) is 18.1 Å². The highest BCUT2D eigenvalue weighted by molar-refractivity contribution is 8.14. The van der Waals surface area contributed by atoms with E-state index in [1.807, 2.05) is 0 Å². The van der Waals surface area contributed by atoms with Gasteiger partial charge in [-0.2, -0.15) is 0 Å². The maximum absolute atomic E-state index is 11.7. The van der Waals surface area contributed by atoms with Gasteiger partial charge in [0, 0.05) is 6.61 Å². The lowest BCUT2D eigenvalue weighted by Gasteiger charge is -2.39. The molecule has 1 saturated heterocycles. The first-order chi connectivity index (χ1) is 10.4. The summed E-state index contributed by atoms with van der Waals surface area (Å²) in [5, 5.41) is 2.15. The summed E-state index contributed by atoms with van der Waals surface area (Å²) in [7, 11) is -1.84. The standard InChI is InChI=1S/C14H26N2O5SSi/c1-14(2,3)23(4,5)21-7-6-9-11(18)16-12(9)22-10(17)8-20-13(15)19/h9,12H,6-8H2,1-5H3,(H2,15,19)(H,16,18)/t9-,12+/m0/s1. The highest BCUT2D eigenvalue weighted by Crippen LogP contribution is 2.37. The van der Waals surface area contributed by atoms with Crippen LogP contribution in [0.5, 0.6) is 0 Å². The van der Waals surface area contributed by atoms with Gasteiger partial charge in [0.2, 0.25) is 11.0 Å². The van der Waals surface area contributed by atoms with Gasteiger partial charge in [0.15, 0.2) is 14.9 Å². The molecule has 0 radical (unpaired) electrons. The number of amides is 2. The molecular weight excluding hydrogens is 336 g/mol. The van der Waals surface area contributed by atoms with Crippen molar-refractivity contribution in [1.29, 1.82) is 0 Å². The van der Waals surface area contributed by atoms with Crippen LogP contribution in [0.4, 0.5) is 4.79 Å². The Morgan fingerprint density at radius 2 is 1.96 bits per heavy atom. The monoisotopic (exact) mass is 362 g/mol. The molecule has 7 nitrogen and oxygen atoms in total. The number of hydrogen-bond acceptors (Lipinski definition) is 6. The second-order valence-corrected chi connectivity index (χ2v) is 13.0. The fourth-order valence-electron chi connectivity index (χ4n) is 1.75. The Bertz CT molecular complexity index is 478. The molecular formula is C14H26N2O5SSi. The SMILES string of the molecule is CC(C)(C)[Si](C)(C)OCC[C@H]1C(=O)N[C@@H]1SC(=O)COC(N)=O. The molecule has 0 aromatic heterocycles. The van der Waals surface area contributed by atoms with E-state index in [1.54, 1.807) is 0 Å². The molecule has 2 amide bonds. The third kappa shape index (κ3) is 5.81. The topological polar surface area (TPSA) is 108 Å². The van der Waals surface area contributed by atoms with Crippen LogP contribution in [0.25, 0.3) is 0 Å². The number of β-lactam (4-membered cyclic amide) rings is 1. The third-order valence-electron chi connectivity index (χ3n) is 4.28.